The number of hydrogen-bond acceptors (Lipinski definition) is 4. The standard InChI is InChI=1S/C14H15F2N3O3/c1-2-21-9-19-8-10(7-17-19)18-13(20)11-5-3-4-6-12(11)22-14(15)16/h3-8,14H,2,9H2,1H3,(H,18,20). The lowest BCUT2D eigenvalue weighted by molar-refractivity contribution is -0.0501. The zero-order valence-electron chi connectivity index (χ0n) is 11.8. The average molecular weight is 311 g/mol. The van der Waals surface area contributed by atoms with E-state index in [2.05, 4.69) is 15.2 Å². The molecule has 0 fully saturated rings. The molecule has 2 aromatic rings. The van der Waals surface area contributed by atoms with Crippen molar-refractivity contribution in [2.45, 2.75) is 20.3 Å². The molecule has 1 aromatic carbocycles. The summed E-state index contributed by atoms with van der Waals surface area (Å²) in [4.78, 5) is 12.1. The summed E-state index contributed by atoms with van der Waals surface area (Å²) in [6.45, 7) is -0.341. The van der Waals surface area contributed by atoms with Gasteiger partial charge >= 0.3 is 6.61 Å². The first-order chi connectivity index (χ1) is 10.6. The first-order valence-electron chi connectivity index (χ1n) is 6.55. The molecule has 118 valence electrons. The van der Waals surface area contributed by atoms with Gasteiger partial charge < -0.3 is 14.8 Å². The Morgan fingerprint density at radius 1 is 1.41 bits per heavy atom. The van der Waals surface area contributed by atoms with Crippen LogP contribution in [0.5, 0.6) is 5.75 Å². The van der Waals surface area contributed by atoms with Gasteiger partial charge in [0.25, 0.3) is 5.91 Å². The van der Waals surface area contributed by atoms with Gasteiger partial charge in [-0.15, -0.1) is 0 Å². The Labute approximate surface area is 125 Å². The number of alkyl halides is 2. The van der Waals surface area contributed by atoms with E-state index >= 15 is 0 Å². The van der Waals surface area contributed by atoms with E-state index in [4.69, 9.17) is 4.74 Å². The van der Waals surface area contributed by atoms with Crippen LogP contribution >= 0.6 is 0 Å². The third kappa shape index (κ3) is 4.26. The Kier molecular flexibility index (Phi) is 5.42. The van der Waals surface area contributed by atoms with Gasteiger partial charge in [-0.05, 0) is 19.1 Å². The largest absolute Gasteiger partial charge is 0.434 e. The maximum absolute atomic E-state index is 12.3. The summed E-state index contributed by atoms with van der Waals surface area (Å²) >= 11 is 0. The number of amides is 1. The number of anilines is 1. The van der Waals surface area contributed by atoms with Crippen LogP contribution in [0.2, 0.25) is 0 Å². The summed E-state index contributed by atoms with van der Waals surface area (Å²) in [5.74, 6) is -0.746. The number of carbonyl (C=O) groups excluding carboxylic acids is 1. The van der Waals surface area contributed by atoms with Crippen molar-refractivity contribution in [1.29, 1.82) is 0 Å². The molecule has 6 nitrogen and oxygen atoms in total. The lowest BCUT2D eigenvalue weighted by Gasteiger charge is -2.09. The van der Waals surface area contributed by atoms with E-state index in [1.54, 1.807) is 12.3 Å². The molecule has 0 bridgehead atoms. The molecule has 0 aliphatic rings. The predicted octanol–water partition coefficient (Wildman–Crippen LogP) is 2.73. The molecular weight excluding hydrogens is 296 g/mol. The van der Waals surface area contributed by atoms with Crippen molar-refractivity contribution in [3.05, 3.63) is 42.2 Å². The molecule has 1 N–H and O–H groups in total. The fourth-order valence-electron chi connectivity index (χ4n) is 1.73. The van der Waals surface area contributed by atoms with E-state index in [9.17, 15) is 13.6 Å². The highest BCUT2D eigenvalue weighted by atomic mass is 19.3. The van der Waals surface area contributed by atoms with Crippen molar-refractivity contribution < 1.29 is 23.0 Å². The molecule has 0 radical (unpaired) electrons. The van der Waals surface area contributed by atoms with Gasteiger partial charge in [-0.2, -0.15) is 13.9 Å². The lowest BCUT2D eigenvalue weighted by Crippen LogP contribution is -2.14. The van der Waals surface area contributed by atoms with Crippen molar-refractivity contribution in [3.63, 3.8) is 0 Å². The second-order valence-electron chi connectivity index (χ2n) is 4.22. The predicted molar refractivity (Wildman–Crippen MR) is 74.9 cm³/mol. The van der Waals surface area contributed by atoms with Gasteiger partial charge in [0, 0.05) is 6.61 Å². The van der Waals surface area contributed by atoms with Crippen molar-refractivity contribution >= 4 is 11.6 Å². The molecule has 8 heteroatoms. The topological polar surface area (TPSA) is 65.4 Å². The molecule has 22 heavy (non-hydrogen) atoms. The van der Waals surface area contributed by atoms with Crippen molar-refractivity contribution in [3.8, 4) is 5.75 Å². The van der Waals surface area contributed by atoms with Crippen LogP contribution in [0, 0.1) is 0 Å². The second-order valence-corrected chi connectivity index (χ2v) is 4.22. The third-order valence-electron chi connectivity index (χ3n) is 2.67. The van der Waals surface area contributed by atoms with E-state index < -0.39 is 12.5 Å². The molecule has 0 saturated carbocycles. The maximum Gasteiger partial charge on any atom is 0.387 e. The summed E-state index contributed by atoms with van der Waals surface area (Å²) in [5.41, 5.74) is 0.442. The quantitative estimate of drug-likeness (QED) is 0.854. The van der Waals surface area contributed by atoms with Gasteiger partial charge in [-0.1, -0.05) is 12.1 Å². The normalized spacial score (nSPS) is 10.7. The molecule has 0 saturated heterocycles. The minimum absolute atomic E-state index is 0.0142. The van der Waals surface area contributed by atoms with Gasteiger partial charge in [0.1, 0.15) is 12.5 Å². The van der Waals surface area contributed by atoms with E-state index in [-0.39, 0.29) is 18.0 Å². The van der Waals surface area contributed by atoms with Crippen molar-refractivity contribution in [2.75, 3.05) is 11.9 Å². The van der Waals surface area contributed by atoms with Crippen LogP contribution in [0.25, 0.3) is 0 Å². The Morgan fingerprint density at radius 2 is 2.18 bits per heavy atom. The first-order valence-corrected chi connectivity index (χ1v) is 6.55. The fourth-order valence-corrected chi connectivity index (χ4v) is 1.73. The van der Waals surface area contributed by atoms with Crippen LogP contribution in [-0.4, -0.2) is 28.9 Å². The molecule has 0 aliphatic carbocycles. The van der Waals surface area contributed by atoms with Crippen molar-refractivity contribution in [2.24, 2.45) is 0 Å². The number of aromatic nitrogens is 2. The van der Waals surface area contributed by atoms with Crippen molar-refractivity contribution in [1.82, 2.24) is 9.78 Å². The van der Waals surface area contributed by atoms with Gasteiger partial charge in [-0.3, -0.25) is 4.79 Å². The highest BCUT2D eigenvalue weighted by Crippen LogP contribution is 2.21. The average Bonchev–Trinajstić information content (AvgIpc) is 2.92. The molecule has 0 unspecified atom stereocenters. The van der Waals surface area contributed by atoms with E-state index in [1.807, 2.05) is 6.92 Å². The Morgan fingerprint density at radius 3 is 2.91 bits per heavy atom. The first kappa shape index (κ1) is 15.9. The van der Waals surface area contributed by atoms with Gasteiger partial charge in [0.05, 0.1) is 23.6 Å². The van der Waals surface area contributed by atoms with E-state index in [0.29, 0.717) is 12.3 Å². The number of halogens is 2. The third-order valence-corrected chi connectivity index (χ3v) is 2.67. The molecular formula is C14H15F2N3O3. The highest BCUT2D eigenvalue weighted by Gasteiger charge is 2.15. The summed E-state index contributed by atoms with van der Waals surface area (Å²) < 4.78 is 35.7. The van der Waals surface area contributed by atoms with Crippen LogP contribution in [0.4, 0.5) is 14.5 Å². The van der Waals surface area contributed by atoms with Gasteiger partial charge in [-0.25, -0.2) is 4.68 Å². The number of nitrogens with zero attached hydrogens (tertiary/aromatic N) is 2. The molecule has 1 amide bonds. The monoisotopic (exact) mass is 311 g/mol. The number of ether oxygens (including phenoxy) is 2. The van der Waals surface area contributed by atoms with Gasteiger partial charge in [0.2, 0.25) is 0 Å². The molecule has 1 aromatic heterocycles. The van der Waals surface area contributed by atoms with Crippen LogP contribution in [0.3, 0.4) is 0 Å². The number of carbonyl (C=O) groups is 1. The van der Waals surface area contributed by atoms with Crippen LogP contribution in [0.1, 0.15) is 17.3 Å². The number of hydrogen-bond donors (Lipinski definition) is 1. The fraction of sp³-hybridized carbons (Fsp3) is 0.286. The molecule has 0 aliphatic heterocycles. The van der Waals surface area contributed by atoms with E-state index in [1.165, 1.54) is 29.1 Å². The zero-order valence-corrected chi connectivity index (χ0v) is 11.8. The van der Waals surface area contributed by atoms with Crippen LogP contribution in [0.15, 0.2) is 36.7 Å². The number of nitrogens with one attached hydrogen (secondary N) is 1. The summed E-state index contributed by atoms with van der Waals surface area (Å²) in [6.07, 6.45) is 3.01. The smallest absolute Gasteiger partial charge is 0.387 e. The SMILES string of the molecule is CCOCn1cc(NC(=O)c2ccccc2OC(F)F)cn1. The minimum Gasteiger partial charge on any atom is -0.434 e. The Bertz CT molecular complexity index is 631. The number of para-hydroxylation sites is 1. The van der Waals surface area contributed by atoms with Crippen LogP contribution < -0.4 is 10.1 Å². The minimum atomic E-state index is -3.00. The lowest BCUT2D eigenvalue weighted by atomic mass is 10.2. The summed E-state index contributed by atoms with van der Waals surface area (Å²) in [5, 5.41) is 6.56. The Hall–Kier alpha value is -2.48. The van der Waals surface area contributed by atoms with E-state index in [0.717, 1.165) is 0 Å². The number of benzene rings is 1. The number of rotatable bonds is 7. The molecule has 0 atom stereocenters. The molecule has 2 rings (SSSR count). The maximum atomic E-state index is 12.3. The second kappa shape index (κ2) is 7.51. The van der Waals surface area contributed by atoms with Gasteiger partial charge in [0.15, 0.2) is 0 Å². The summed E-state index contributed by atoms with van der Waals surface area (Å²) in [7, 11) is 0. The molecule has 0 spiro atoms. The summed E-state index contributed by atoms with van der Waals surface area (Å²) in [6, 6.07) is 5.78. The zero-order chi connectivity index (χ0) is 15.9. The van der Waals surface area contributed by atoms with Crippen LogP contribution in [-0.2, 0) is 11.5 Å². The molecule has 1 heterocycles. The highest BCUT2D eigenvalue weighted by molar-refractivity contribution is 6.06. The Balaban J connectivity index is 2.07.